The molecule has 0 unspecified atom stereocenters. The van der Waals surface area contributed by atoms with Gasteiger partial charge in [-0.15, -0.1) is 0 Å². The van der Waals surface area contributed by atoms with E-state index in [9.17, 15) is 29.4 Å². The Hall–Kier alpha value is -5.04. The lowest BCUT2D eigenvalue weighted by Crippen LogP contribution is -2.55. The first kappa shape index (κ1) is 38.7. The van der Waals surface area contributed by atoms with Gasteiger partial charge in [0.25, 0.3) is 11.8 Å². The Morgan fingerprint density at radius 3 is 2.35 bits per heavy atom. The van der Waals surface area contributed by atoms with Crippen LogP contribution in [0.1, 0.15) is 56.6 Å². The molecule has 3 amide bonds. The van der Waals surface area contributed by atoms with Gasteiger partial charge in [0.1, 0.15) is 5.54 Å². The maximum Gasteiger partial charge on any atom is 0.305 e. The Balaban J connectivity index is 1.28. The third kappa shape index (κ3) is 7.64. The van der Waals surface area contributed by atoms with E-state index in [2.05, 4.69) is 10.2 Å². The summed E-state index contributed by atoms with van der Waals surface area (Å²) in [5.41, 5.74) is 0.693. The predicted molar refractivity (Wildman–Crippen MR) is 207 cm³/mol. The number of hydrogen-bond acceptors (Lipinski definition) is 9. The third-order valence-corrected chi connectivity index (χ3v) is 11.1. The van der Waals surface area contributed by atoms with Gasteiger partial charge in [-0.05, 0) is 74.7 Å². The zero-order valence-electron chi connectivity index (χ0n) is 31.2. The summed E-state index contributed by atoms with van der Waals surface area (Å²) >= 11 is 0. The van der Waals surface area contributed by atoms with Crippen LogP contribution in [0.5, 0.6) is 0 Å². The molecule has 2 fully saturated rings. The van der Waals surface area contributed by atoms with Crippen molar-refractivity contribution in [3.05, 3.63) is 102 Å². The third-order valence-electron chi connectivity index (χ3n) is 11.1. The van der Waals surface area contributed by atoms with Crippen LogP contribution in [0.3, 0.4) is 0 Å². The lowest BCUT2D eigenvalue weighted by molar-refractivity contribution is -0.140. The number of amides is 3. The van der Waals surface area contributed by atoms with Gasteiger partial charge in [-0.1, -0.05) is 67.6 Å². The highest BCUT2D eigenvalue weighted by Crippen LogP contribution is 2.48. The van der Waals surface area contributed by atoms with Crippen LogP contribution in [0.2, 0.25) is 0 Å². The predicted octanol–water partition coefficient (Wildman–Crippen LogP) is 4.10. The Kier molecular flexibility index (Phi) is 12.2. The Morgan fingerprint density at radius 1 is 0.963 bits per heavy atom. The smallest absolute Gasteiger partial charge is 0.305 e. The number of anilines is 3. The van der Waals surface area contributed by atoms with Gasteiger partial charge in [-0.3, -0.25) is 24.1 Å². The second-order valence-electron chi connectivity index (χ2n) is 14.3. The van der Waals surface area contributed by atoms with Crippen molar-refractivity contribution in [3.63, 3.8) is 0 Å². The van der Waals surface area contributed by atoms with Crippen molar-refractivity contribution in [2.75, 3.05) is 61.3 Å². The number of benzene rings is 3. The summed E-state index contributed by atoms with van der Waals surface area (Å²) in [4.78, 5) is 60.9. The van der Waals surface area contributed by atoms with Gasteiger partial charge in [-0.25, -0.2) is 0 Å². The molecule has 0 saturated carbocycles. The first-order valence-corrected chi connectivity index (χ1v) is 18.8. The van der Waals surface area contributed by atoms with Crippen molar-refractivity contribution in [2.45, 2.75) is 63.1 Å². The van der Waals surface area contributed by atoms with Crippen molar-refractivity contribution in [1.29, 1.82) is 0 Å². The van der Waals surface area contributed by atoms with Crippen LogP contribution in [0.4, 0.5) is 17.1 Å². The molecular weight excluding hydrogens is 686 g/mol. The van der Waals surface area contributed by atoms with E-state index in [0.29, 0.717) is 68.9 Å². The van der Waals surface area contributed by atoms with E-state index < -0.39 is 23.0 Å². The second-order valence-corrected chi connectivity index (χ2v) is 14.3. The number of unbranched alkanes of at least 4 members (excludes halogenated alkanes) is 1. The molecule has 3 heterocycles. The van der Waals surface area contributed by atoms with E-state index in [1.54, 1.807) is 45.9 Å². The fraction of sp³-hybridized carbons (Fsp3) is 0.429. The maximum atomic E-state index is 14.5. The number of fused-ring (bicyclic) bond motifs is 1. The first-order valence-electron chi connectivity index (χ1n) is 18.8. The molecule has 0 aliphatic carbocycles. The van der Waals surface area contributed by atoms with Gasteiger partial charge >= 0.3 is 5.97 Å². The van der Waals surface area contributed by atoms with Crippen molar-refractivity contribution in [2.24, 2.45) is 5.92 Å². The molecule has 3 aromatic rings. The minimum absolute atomic E-state index is 0.0140. The van der Waals surface area contributed by atoms with Gasteiger partial charge in [0.2, 0.25) is 5.91 Å². The average Bonchev–Trinajstić information content (AvgIpc) is 3.59. The van der Waals surface area contributed by atoms with E-state index in [1.807, 2.05) is 66.7 Å². The molecule has 3 aliphatic heterocycles. The molecule has 286 valence electrons. The van der Waals surface area contributed by atoms with Crippen molar-refractivity contribution < 1.29 is 34.1 Å². The SMILES string of the molecule is COC(=O)CCCCN1C(=O)[C@](O)([C@H](C)/C=C/CC(=O)N(CCO)Cc2ccccc2)c2cc(N3CN(c4ccccc4)C4(CCNCC4)C3=O)ccc21. The Morgan fingerprint density at radius 2 is 1.67 bits per heavy atom. The van der Waals surface area contributed by atoms with Crippen molar-refractivity contribution in [3.8, 4) is 0 Å². The summed E-state index contributed by atoms with van der Waals surface area (Å²) in [5, 5.41) is 25.6. The van der Waals surface area contributed by atoms with Gasteiger partial charge in [0.15, 0.2) is 5.60 Å². The number of carbonyl (C=O) groups is 4. The Bertz CT molecular complexity index is 1830. The van der Waals surface area contributed by atoms with E-state index in [4.69, 9.17) is 4.74 Å². The zero-order chi connectivity index (χ0) is 38.3. The number of aliphatic hydroxyl groups is 2. The number of aliphatic hydroxyl groups excluding tert-OH is 1. The number of nitrogens with zero attached hydrogens (tertiary/aromatic N) is 4. The molecule has 0 bridgehead atoms. The van der Waals surface area contributed by atoms with Gasteiger partial charge in [0, 0.05) is 55.3 Å². The largest absolute Gasteiger partial charge is 0.469 e. The molecule has 2 saturated heterocycles. The van der Waals surface area contributed by atoms with E-state index in [1.165, 1.54) is 7.11 Å². The topological polar surface area (TPSA) is 143 Å². The molecule has 3 N–H and O–H groups in total. The molecule has 3 aliphatic rings. The van der Waals surface area contributed by atoms with Gasteiger partial charge < -0.3 is 35.0 Å². The number of para-hydroxylation sites is 1. The monoisotopic (exact) mass is 737 g/mol. The van der Waals surface area contributed by atoms with Crippen LogP contribution in [-0.2, 0) is 36.1 Å². The summed E-state index contributed by atoms with van der Waals surface area (Å²) in [5.74, 6) is -1.80. The molecule has 12 heteroatoms. The molecule has 54 heavy (non-hydrogen) atoms. The highest BCUT2D eigenvalue weighted by molar-refractivity contribution is 6.10. The number of piperidine rings is 1. The zero-order valence-corrected chi connectivity index (χ0v) is 31.2. The highest BCUT2D eigenvalue weighted by Gasteiger charge is 2.55. The molecule has 1 spiro atoms. The summed E-state index contributed by atoms with van der Waals surface area (Å²) in [6.07, 6.45) is 5.88. The quantitative estimate of drug-likeness (QED) is 0.119. The van der Waals surface area contributed by atoms with E-state index >= 15 is 0 Å². The van der Waals surface area contributed by atoms with Crippen LogP contribution < -0.4 is 20.0 Å². The average molecular weight is 738 g/mol. The van der Waals surface area contributed by atoms with Crippen LogP contribution in [0.25, 0.3) is 0 Å². The number of hydrogen-bond donors (Lipinski definition) is 3. The van der Waals surface area contributed by atoms with Crippen molar-refractivity contribution >= 4 is 40.8 Å². The second kappa shape index (κ2) is 17.0. The molecular formula is C42H51N5O7. The molecule has 0 radical (unpaired) electrons. The summed E-state index contributed by atoms with van der Waals surface area (Å²) in [6, 6.07) is 24.9. The highest BCUT2D eigenvalue weighted by atomic mass is 16.5. The van der Waals surface area contributed by atoms with Crippen molar-refractivity contribution in [1.82, 2.24) is 10.2 Å². The standard InChI is InChI=1S/C42H51N5O7/c1-31(12-11-17-37(49)44(26-27-48)29-32-13-5-3-6-14-32)42(53)35-28-34(19-20-36(35)45(40(42)52)25-10-9-18-38(50)54-2)46-30-47(33-15-7-4-8-16-33)41(39(46)51)21-23-43-24-22-41/h3-8,11-16,19-20,28,31,43,48,53H,9-10,17-18,21-27,29-30H2,1-2H3/b12-11+/t31-,42+/m1/s1. The lowest BCUT2D eigenvalue weighted by atomic mass is 9.82. The molecule has 0 aromatic heterocycles. The van der Waals surface area contributed by atoms with Crippen LogP contribution in [-0.4, -0.2) is 90.9 Å². The van der Waals surface area contributed by atoms with E-state index in [-0.39, 0.29) is 50.3 Å². The summed E-state index contributed by atoms with van der Waals surface area (Å²) in [7, 11) is 1.34. The van der Waals surface area contributed by atoms with Crippen LogP contribution in [0, 0.1) is 5.92 Å². The number of esters is 1. The first-order chi connectivity index (χ1) is 26.1. The molecule has 12 nitrogen and oxygen atoms in total. The number of carbonyl (C=O) groups excluding carboxylic acids is 4. The lowest BCUT2D eigenvalue weighted by Gasteiger charge is -2.39. The minimum atomic E-state index is -1.99. The fourth-order valence-electron chi connectivity index (χ4n) is 7.99. The number of nitrogens with one attached hydrogen (secondary N) is 1. The molecule has 6 rings (SSSR count). The number of rotatable bonds is 15. The van der Waals surface area contributed by atoms with Gasteiger partial charge in [-0.2, -0.15) is 0 Å². The van der Waals surface area contributed by atoms with Crippen LogP contribution >= 0.6 is 0 Å². The number of ether oxygens (including phenoxy) is 1. The molecule has 3 aromatic carbocycles. The fourth-order valence-corrected chi connectivity index (χ4v) is 7.99. The normalized spacial score (nSPS) is 19.8. The van der Waals surface area contributed by atoms with E-state index in [0.717, 1.165) is 11.3 Å². The minimum Gasteiger partial charge on any atom is -0.469 e. The number of methoxy groups -OCH3 is 1. The summed E-state index contributed by atoms with van der Waals surface area (Å²) < 4.78 is 4.78. The summed E-state index contributed by atoms with van der Waals surface area (Å²) in [6.45, 7) is 4.10. The Labute approximate surface area is 317 Å². The molecule has 2 atom stereocenters. The maximum absolute atomic E-state index is 14.5. The van der Waals surface area contributed by atoms with Gasteiger partial charge in [0.05, 0.1) is 26.1 Å². The van der Waals surface area contributed by atoms with Crippen LogP contribution in [0.15, 0.2) is 91.0 Å².